The maximum absolute atomic E-state index is 12.8. The van der Waals surface area contributed by atoms with Crippen molar-refractivity contribution < 1.29 is 14.3 Å². The molecule has 1 unspecified atom stereocenters. The lowest BCUT2D eigenvalue weighted by molar-refractivity contribution is -0.122. The van der Waals surface area contributed by atoms with E-state index in [0.717, 1.165) is 28.0 Å². The van der Waals surface area contributed by atoms with Crippen LogP contribution in [0.25, 0.3) is 10.9 Å². The van der Waals surface area contributed by atoms with Crippen LogP contribution < -0.4 is 14.4 Å². The molecule has 26 heavy (non-hydrogen) atoms. The number of carbonyl (C=O) groups excluding carboxylic acids is 1. The Morgan fingerprint density at radius 3 is 2.69 bits per heavy atom. The molecule has 5 heteroatoms. The van der Waals surface area contributed by atoms with E-state index in [1.54, 1.807) is 12.0 Å². The molecule has 2 heterocycles. The minimum Gasteiger partial charge on any atom is -0.497 e. The highest BCUT2D eigenvalue weighted by Gasteiger charge is 2.34. The Morgan fingerprint density at radius 1 is 1.12 bits per heavy atom. The molecule has 4 rings (SSSR count). The first-order valence-corrected chi connectivity index (χ1v) is 8.64. The third-order valence-corrected chi connectivity index (χ3v) is 4.60. The summed E-state index contributed by atoms with van der Waals surface area (Å²) in [6.45, 7) is 2.57. The van der Waals surface area contributed by atoms with Crippen LogP contribution in [0.5, 0.6) is 11.5 Å². The Hall–Kier alpha value is -3.08. The van der Waals surface area contributed by atoms with Crippen LogP contribution in [-0.4, -0.2) is 30.6 Å². The lowest BCUT2D eigenvalue weighted by atomic mass is 10.1. The van der Waals surface area contributed by atoms with Crippen LogP contribution in [0.4, 0.5) is 5.69 Å². The summed E-state index contributed by atoms with van der Waals surface area (Å²) in [5.74, 6) is 1.39. The molecule has 1 aromatic heterocycles. The Bertz CT molecular complexity index is 956. The van der Waals surface area contributed by atoms with Gasteiger partial charge in [0.2, 0.25) is 0 Å². The van der Waals surface area contributed by atoms with E-state index in [2.05, 4.69) is 4.98 Å². The van der Waals surface area contributed by atoms with Gasteiger partial charge in [-0.25, -0.2) is 0 Å². The van der Waals surface area contributed by atoms with Gasteiger partial charge in [-0.05, 0) is 37.3 Å². The average Bonchev–Trinajstić information content (AvgIpc) is 3.02. The van der Waals surface area contributed by atoms with Crippen LogP contribution in [0, 0.1) is 6.92 Å². The van der Waals surface area contributed by atoms with Crippen molar-refractivity contribution in [3.63, 3.8) is 0 Å². The van der Waals surface area contributed by atoms with Crippen molar-refractivity contribution in [3.8, 4) is 11.5 Å². The molecule has 3 aromatic rings. The van der Waals surface area contributed by atoms with E-state index in [9.17, 15) is 4.79 Å². The third-order valence-electron chi connectivity index (χ3n) is 4.60. The van der Waals surface area contributed by atoms with Crippen LogP contribution in [-0.2, 0) is 4.79 Å². The van der Waals surface area contributed by atoms with Crippen LogP contribution in [0.15, 0.2) is 54.6 Å². The summed E-state index contributed by atoms with van der Waals surface area (Å²) in [6, 6.07) is 17.2. The van der Waals surface area contributed by atoms with E-state index in [-0.39, 0.29) is 5.91 Å². The minimum atomic E-state index is -0.494. The fraction of sp³-hybridized carbons (Fsp3) is 0.238. The van der Waals surface area contributed by atoms with Crippen LogP contribution >= 0.6 is 0 Å². The summed E-state index contributed by atoms with van der Waals surface area (Å²) < 4.78 is 11.5. The molecule has 1 aliphatic heterocycles. The zero-order valence-corrected chi connectivity index (χ0v) is 14.8. The monoisotopic (exact) mass is 348 g/mol. The van der Waals surface area contributed by atoms with Crippen molar-refractivity contribution in [3.05, 3.63) is 60.3 Å². The number of para-hydroxylation sites is 1. The summed E-state index contributed by atoms with van der Waals surface area (Å²) in [6.07, 6.45) is 0.159. The topological polar surface area (TPSA) is 51.7 Å². The molecule has 2 aromatic carbocycles. The van der Waals surface area contributed by atoms with Crippen molar-refractivity contribution in [2.75, 3.05) is 18.6 Å². The Morgan fingerprint density at radius 2 is 1.92 bits per heavy atom. The third kappa shape index (κ3) is 2.96. The zero-order chi connectivity index (χ0) is 18.1. The number of pyridine rings is 1. The average molecular weight is 348 g/mol. The lowest BCUT2D eigenvalue weighted by Crippen LogP contribution is -2.32. The van der Waals surface area contributed by atoms with Gasteiger partial charge in [0.05, 0.1) is 12.6 Å². The molecule has 1 amide bonds. The second kappa shape index (κ2) is 6.67. The van der Waals surface area contributed by atoms with E-state index >= 15 is 0 Å². The summed E-state index contributed by atoms with van der Waals surface area (Å²) in [5, 5.41) is 0.848. The Balaban J connectivity index is 1.64. The molecule has 1 aliphatic rings. The van der Waals surface area contributed by atoms with Crippen molar-refractivity contribution >= 4 is 22.5 Å². The van der Waals surface area contributed by atoms with Gasteiger partial charge in [-0.15, -0.1) is 0 Å². The molecule has 1 fully saturated rings. The number of hydrogen-bond acceptors (Lipinski definition) is 4. The number of rotatable bonds is 4. The van der Waals surface area contributed by atoms with Gasteiger partial charge in [0.15, 0.2) is 6.10 Å². The molecule has 0 radical (unpaired) electrons. The van der Waals surface area contributed by atoms with Gasteiger partial charge in [0.25, 0.3) is 5.91 Å². The van der Waals surface area contributed by atoms with Gasteiger partial charge in [-0.3, -0.25) is 9.78 Å². The smallest absolute Gasteiger partial charge is 0.268 e. The number of aryl methyl sites for hydroxylation is 1. The van der Waals surface area contributed by atoms with Gasteiger partial charge >= 0.3 is 0 Å². The summed E-state index contributed by atoms with van der Waals surface area (Å²) in [4.78, 5) is 19.1. The van der Waals surface area contributed by atoms with Gasteiger partial charge < -0.3 is 14.4 Å². The van der Waals surface area contributed by atoms with Gasteiger partial charge in [0, 0.05) is 35.8 Å². The number of fused-ring (bicyclic) bond motifs is 1. The van der Waals surface area contributed by atoms with Crippen LogP contribution in [0.2, 0.25) is 0 Å². The predicted octanol–water partition coefficient (Wildman–Crippen LogP) is 3.74. The molecule has 0 aliphatic carbocycles. The summed E-state index contributed by atoms with van der Waals surface area (Å²) in [7, 11) is 1.63. The SMILES string of the molecule is COc1ccc2nc(C)cc(OC3CCN(c4ccccc4)C3=O)c2c1. The summed E-state index contributed by atoms with van der Waals surface area (Å²) >= 11 is 0. The quantitative estimate of drug-likeness (QED) is 0.721. The molecular weight excluding hydrogens is 328 g/mol. The number of benzene rings is 2. The fourth-order valence-corrected chi connectivity index (χ4v) is 3.30. The second-order valence-electron chi connectivity index (χ2n) is 6.37. The van der Waals surface area contributed by atoms with Crippen LogP contribution in [0.1, 0.15) is 12.1 Å². The van der Waals surface area contributed by atoms with E-state index in [0.29, 0.717) is 18.7 Å². The summed E-state index contributed by atoms with van der Waals surface area (Å²) in [5.41, 5.74) is 2.58. The van der Waals surface area contributed by atoms with E-state index in [1.165, 1.54) is 0 Å². The molecule has 0 saturated carbocycles. The first-order chi connectivity index (χ1) is 12.7. The first-order valence-electron chi connectivity index (χ1n) is 8.64. The predicted molar refractivity (Wildman–Crippen MR) is 101 cm³/mol. The highest BCUT2D eigenvalue weighted by Crippen LogP contribution is 2.32. The zero-order valence-electron chi connectivity index (χ0n) is 14.8. The number of anilines is 1. The fourth-order valence-electron chi connectivity index (χ4n) is 3.30. The number of aromatic nitrogens is 1. The highest BCUT2D eigenvalue weighted by atomic mass is 16.5. The molecule has 0 N–H and O–H groups in total. The molecule has 5 nitrogen and oxygen atoms in total. The Labute approximate surface area is 152 Å². The van der Waals surface area contributed by atoms with E-state index < -0.39 is 6.10 Å². The van der Waals surface area contributed by atoms with Crippen LogP contribution in [0.3, 0.4) is 0 Å². The maximum atomic E-state index is 12.8. The molecule has 132 valence electrons. The maximum Gasteiger partial charge on any atom is 0.268 e. The molecular formula is C21H20N2O3. The van der Waals surface area contributed by atoms with Crippen molar-refractivity contribution in [1.29, 1.82) is 0 Å². The van der Waals surface area contributed by atoms with Crippen molar-refractivity contribution in [2.45, 2.75) is 19.4 Å². The molecule has 1 atom stereocenters. The molecule has 0 spiro atoms. The van der Waals surface area contributed by atoms with Gasteiger partial charge in [-0.2, -0.15) is 0 Å². The number of hydrogen-bond donors (Lipinski definition) is 0. The molecule has 0 bridgehead atoms. The Kier molecular flexibility index (Phi) is 4.21. The van der Waals surface area contributed by atoms with E-state index in [4.69, 9.17) is 9.47 Å². The van der Waals surface area contributed by atoms with Gasteiger partial charge in [0.1, 0.15) is 11.5 Å². The van der Waals surface area contributed by atoms with Crippen molar-refractivity contribution in [2.24, 2.45) is 0 Å². The standard InChI is InChI=1S/C21H20N2O3/c1-14-12-20(17-13-16(25-2)8-9-18(17)22-14)26-19-10-11-23(21(19)24)15-6-4-3-5-7-15/h3-9,12-13,19H,10-11H2,1-2H3. The lowest BCUT2D eigenvalue weighted by Gasteiger charge is -2.18. The number of nitrogens with zero attached hydrogens (tertiary/aromatic N) is 2. The normalized spacial score (nSPS) is 16.9. The number of carbonyl (C=O) groups is 1. The number of ether oxygens (including phenoxy) is 2. The largest absolute Gasteiger partial charge is 0.497 e. The number of methoxy groups -OCH3 is 1. The van der Waals surface area contributed by atoms with Crippen molar-refractivity contribution in [1.82, 2.24) is 4.98 Å². The first kappa shape index (κ1) is 16.4. The van der Waals surface area contributed by atoms with E-state index in [1.807, 2.05) is 61.5 Å². The number of amides is 1. The van der Waals surface area contributed by atoms with Gasteiger partial charge in [-0.1, -0.05) is 18.2 Å². The second-order valence-corrected chi connectivity index (χ2v) is 6.37. The molecule has 1 saturated heterocycles. The minimum absolute atomic E-state index is 0.0123. The highest BCUT2D eigenvalue weighted by molar-refractivity contribution is 5.99.